The maximum absolute atomic E-state index is 12.1. The van der Waals surface area contributed by atoms with Crippen molar-refractivity contribution in [3.05, 3.63) is 64.1 Å². The third-order valence-corrected chi connectivity index (χ3v) is 5.76. The van der Waals surface area contributed by atoms with Gasteiger partial charge in [0.05, 0.1) is 26.4 Å². The minimum atomic E-state index is -3.42. The van der Waals surface area contributed by atoms with Gasteiger partial charge in [-0.25, -0.2) is 8.42 Å². The summed E-state index contributed by atoms with van der Waals surface area (Å²) in [6.07, 6.45) is 2.86. The normalized spacial score (nSPS) is 11.6. The van der Waals surface area contributed by atoms with E-state index < -0.39 is 15.7 Å². The maximum atomic E-state index is 12.1. The molecule has 2 rings (SSSR count). The van der Waals surface area contributed by atoms with Crippen LogP contribution in [0.25, 0.3) is 6.08 Å². The Hall–Kier alpha value is -1.82. The summed E-state index contributed by atoms with van der Waals surface area (Å²) in [5, 5.41) is 3.40. The number of hydrogen-bond acceptors (Lipinski definition) is 3. The number of nitrogens with one attached hydrogen (secondary N) is 1. The van der Waals surface area contributed by atoms with Gasteiger partial charge >= 0.3 is 0 Å². The quantitative estimate of drug-likeness (QED) is 0.776. The van der Waals surface area contributed by atoms with E-state index in [1.54, 1.807) is 49.4 Å². The first-order valence-corrected chi connectivity index (χ1v) is 9.50. The molecule has 2 aromatic rings. The molecular formula is C17H15Cl2NO3S. The van der Waals surface area contributed by atoms with Gasteiger partial charge in [-0.2, -0.15) is 0 Å². The number of anilines is 1. The summed E-state index contributed by atoms with van der Waals surface area (Å²) < 4.78 is 24.1. The molecule has 0 heterocycles. The Labute approximate surface area is 151 Å². The lowest BCUT2D eigenvalue weighted by molar-refractivity contribution is -0.111. The number of benzene rings is 2. The highest BCUT2D eigenvalue weighted by Crippen LogP contribution is 2.24. The average molecular weight is 384 g/mol. The van der Waals surface area contributed by atoms with Crippen LogP contribution < -0.4 is 5.32 Å². The Bertz CT molecular complexity index is 892. The van der Waals surface area contributed by atoms with Gasteiger partial charge in [0.15, 0.2) is 9.84 Å². The highest BCUT2D eigenvalue weighted by molar-refractivity contribution is 7.91. The van der Waals surface area contributed by atoms with Gasteiger partial charge in [-0.1, -0.05) is 48.3 Å². The molecule has 0 atom stereocenters. The second kappa shape index (κ2) is 7.83. The van der Waals surface area contributed by atoms with E-state index in [9.17, 15) is 13.2 Å². The van der Waals surface area contributed by atoms with E-state index in [0.717, 1.165) is 0 Å². The molecule has 0 spiro atoms. The average Bonchev–Trinajstić information content (AvgIpc) is 2.56. The number of sulfone groups is 1. The molecule has 0 saturated heterocycles. The van der Waals surface area contributed by atoms with Gasteiger partial charge in [0, 0.05) is 6.08 Å². The Morgan fingerprint density at radius 3 is 2.50 bits per heavy atom. The summed E-state index contributed by atoms with van der Waals surface area (Å²) in [5.74, 6) is -0.487. The largest absolute Gasteiger partial charge is 0.321 e. The van der Waals surface area contributed by atoms with E-state index in [0.29, 0.717) is 15.6 Å². The smallest absolute Gasteiger partial charge is 0.248 e. The predicted octanol–water partition coefficient (Wildman–Crippen LogP) is 4.44. The lowest BCUT2D eigenvalue weighted by Gasteiger charge is -2.09. The number of carbonyl (C=O) groups is 1. The monoisotopic (exact) mass is 383 g/mol. The first kappa shape index (κ1) is 18.5. The van der Waals surface area contributed by atoms with Crippen LogP contribution in [0.1, 0.15) is 12.5 Å². The maximum Gasteiger partial charge on any atom is 0.248 e. The summed E-state index contributed by atoms with van der Waals surface area (Å²) in [6, 6.07) is 11.3. The zero-order valence-corrected chi connectivity index (χ0v) is 15.1. The minimum absolute atomic E-state index is 0.0427. The van der Waals surface area contributed by atoms with E-state index in [1.165, 1.54) is 12.1 Å². The number of carbonyl (C=O) groups excluding carboxylic acids is 1. The second-order valence-corrected chi connectivity index (χ2v) is 7.96. The van der Waals surface area contributed by atoms with Gasteiger partial charge < -0.3 is 5.32 Å². The van der Waals surface area contributed by atoms with Gasteiger partial charge in [0.25, 0.3) is 0 Å². The molecule has 7 heteroatoms. The van der Waals surface area contributed by atoms with E-state index in [1.807, 2.05) is 0 Å². The molecule has 1 N–H and O–H groups in total. The van der Waals surface area contributed by atoms with Crippen molar-refractivity contribution >= 4 is 50.7 Å². The Morgan fingerprint density at radius 2 is 1.83 bits per heavy atom. The summed E-state index contributed by atoms with van der Waals surface area (Å²) in [4.78, 5) is 12.2. The SMILES string of the molecule is CCS(=O)(=O)c1ccccc1NC(=O)/C=C/c1ccc(Cl)c(Cl)c1. The zero-order chi connectivity index (χ0) is 17.7. The summed E-state index contributed by atoms with van der Waals surface area (Å²) >= 11 is 11.7. The standard InChI is InChI=1S/C17H15Cl2NO3S/c1-2-24(22,23)16-6-4-3-5-15(16)20-17(21)10-8-12-7-9-13(18)14(19)11-12/h3-11H,2H2,1H3,(H,20,21)/b10-8+. The lowest BCUT2D eigenvalue weighted by atomic mass is 10.2. The summed E-state index contributed by atoms with van der Waals surface area (Å²) in [7, 11) is -3.42. The first-order valence-electron chi connectivity index (χ1n) is 7.09. The van der Waals surface area contributed by atoms with Crippen molar-refractivity contribution in [2.45, 2.75) is 11.8 Å². The number of rotatable bonds is 5. The van der Waals surface area contributed by atoms with Crippen LogP contribution in [0.15, 0.2) is 53.4 Å². The molecule has 0 radical (unpaired) electrons. The van der Waals surface area contributed by atoms with Crippen molar-refractivity contribution in [3.63, 3.8) is 0 Å². The molecule has 0 aliphatic rings. The van der Waals surface area contributed by atoms with Crippen molar-refractivity contribution in [1.29, 1.82) is 0 Å². The molecule has 24 heavy (non-hydrogen) atoms. The number of halogens is 2. The van der Waals surface area contributed by atoms with Gasteiger partial charge in [-0.05, 0) is 35.9 Å². The van der Waals surface area contributed by atoms with Crippen molar-refractivity contribution < 1.29 is 13.2 Å². The molecule has 0 unspecified atom stereocenters. The zero-order valence-electron chi connectivity index (χ0n) is 12.8. The van der Waals surface area contributed by atoms with Gasteiger partial charge in [-0.3, -0.25) is 4.79 Å². The van der Waals surface area contributed by atoms with E-state index >= 15 is 0 Å². The minimum Gasteiger partial charge on any atom is -0.321 e. The summed E-state index contributed by atoms with van der Waals surface area (Å²) in [5.41, 5.74) is 0.956. The predicted molar refractivity (Wildman–Crippen MR) is 98.3 cm³/mol. The molecule has 4 nitrogen and oxygen atoms in total. The molecule has 0 aromatic heterocycles. The van der Waals surface area contributed by atoms with Crippen LogP contribution in [-0.4, -0.2) is 20.1 Å². The summed E-state index contributed by atoms with van der Waals surface area (Å²) in [6.45, 7) is 1.55. The fourth-order valence-electron chi connectivity index (χ4n) is 1.96. The molecule has 0 aliphatic heterocycles. The van der Waals surface area contributed by atoms with Crippen molar-refractivity contribution in [2.24, 2.45) is 0 Å². The number of para-hydroxylation sites is 1. The van der Waals surface area contributed by atoms with Crippen molar-refractivity contribution in [3.8, 4) is 0 Å². The molecule has 0 fully saturated rings. The molecule has 2 aromatic carbocycles. The Morgan fingerprint density at radius 1 is 1.12 bits per heavy atom. The van der Waals surface area contributed by atoms with Crippen LogP contribution in [-0.2, 0) is 14.6 Å². The van der Waals surface area contributed by atoms with E-state index in [2.05, 4.69) is 5.32 Å². The number of hydrogen-bond donors (Lipinski definition) is 1. The Kier molecular flexibility index (Phi) is 6.04. The second-order valence-electron chi connectivity index (χ2n) is 4.90. The van der Waals surface area contributed by atoms with Crippen molar-refractivity contribution in [1.82, 2.24) is 0 Å². The molecule has 126 valence electrons. The third kappa shape index (κ3) is 4.60. The van der Waals surface area contributed by atoms with Crippen LogP contribution in [0.4, 0.5) is 5.69 Å². The fourth-order valence-corrected chi connectivity index (χ4v) is 3.32. The van der Waals surface area contributed by atoms with Crippen LogP contribution in [0, 0.1) is 0 Å². The highest BCUT2D eigenvalue weighted by atomic mass is 35.5. The van der Waals surface area contributed by atoms with Gasteiger partial charge in [-0.15, -0.1) is 0 Å². The lowest BCUT2D eigenvalue weighted by Crippen LogP contribution is -2.13. The molecule has 1 amide bonds. The van der Waals surface area contributed by atoms with E-state index in [4.69, 9.17) is 23.2 Å². The molecule has 0 bridgehead atoms. The molecule has 0 aliphatic carbocycles. The van der Waals surface area contributed by atoms with Crippen LogP contribution >= 0.6 is 23.2 Å². The van der Waals surface area contributed by atoms with E-state index in [-0.39, 0.29) is 16.3 Å². The first-order chi connectivity index (χ1) is 11.3. The van der Waals surface area contributed by atoms with Crippen LogP contribution in [0.2, 0.25) is 10.0 Å². The molecular weight excluding hydrogens is 369 g/mol. The highest BCUT2D eigenvalue weighted by Gasteiger charge is 2.16. The van der Waals surface area contributed by atoms with Gasteiger partial charge in [0.1, 0.15) is 0 Å². The third-order valence-electron chi connectivity index (χ3n) is 3.23. The molecule has 0 saturated carbocycles. The number of amides is 1. The fraction of sp³-hybridized carbons (Fsp3) is 0.118. The van der Waals surface area contributed by atoms with Gasteiger partial charge in [0.2, 0.25) is 5.91 Å². The van der Waals surface area contributed by atoms with Crippen LogP contribution in [0.5, 0.6) is 0 Å². The Balaban J connectivity index is 2.19. The van der Waals surface area contributed by atoms with Crippen LogP contribution in [0.3, 0.4) is 0 Å². The van der Waals surface area contributed by atoms with Crippen molar-refractivity contribution in [2.75, 3.05) is 11.1 Å². The topological polar surface area (TPSA) is 63.2 Å².